The van der Waals surface area contributed by atoms with Crippen LogP contribution in [0.5, 0.6) is 5.75 Å². The third kappa shape index (κ3) is 3.64. The number of amides is 1. The molecule has 1 saturated heterocycles. The van der Waals surface area contributed by atoms with Gasteiger partial charge in [-0.25, -0.2) is 0 Å². The maximum Gasteiger partial charge on any atom is 0.312 e. The van der Waals surface area contributed by atoms with Crippen molar-refractivity contribution < 1.29 is 14.5 Å². The molecule has 2 fully saturated rings. The largest absolute Gasteiger partial charge is 0.477 e. The number of nitrogens with zero attached hydrogens (tertiary/aromatic N) is 2. The van der Waals surface area contributed by atoms with Crippen molar-refractivity contribution in [1.82, 2.24) is 4.90 Å². The van der Waals surface area contributed by atoms with E-state index in [2.05, 4.69) is 0 Å². The number of nitro benzene ring substituents is 1. The van der Waals surface area contributed by atoms with Crippen molar-refractivity contribution in [2.75, 3.05) is 13.2 Å². The molecule has 0 N–H and O–H groups in total. The topological polar surface area (TPSA) is 72.7 Å². The summed E-state index contributed by atoms with van der Waals surface area (Å²) in [5.41, 5.74) is -0.218. The fourth-order valence-electron chi connectivity index (χ4n) is 3.91. The number of carbonyl (C=O) groups excluding carboxylic acids is 1. The summed E-state index contributed by atoms with van der Waals surface area (Å²) in [6.07, 6.45) is 6.87. The van der Waals surface area contributed by atoms with Crippen LogP contribution in [0.4, 0.5) is 5.69 Å². The van der Waals surface area contributed by atoms with Crippen LogP contribution in [0.1, 0.15) is 38.5 Å². The predicted octanol–water partition coefficient (Wildman–Crippen LogP) is 3.81. The monoisotopic (exact) mass is 352 g/mol. The summed E-state index contributed by atoms with van der Waals surface area (Å²) in [5.74, 6) is 0.590. The third-order valence-electron chi connectivity index (χ3n) is 5.03. The van der Waals surface area contributed by atoms with Crippen molar-refractivity contribution >= 4 is 23.2 Å². The van der Waals surface area contributed by atoms with Crippen molar-refractivity contribution in [3.05, 3.63) is 33.3 Å². The molecule has 1 aliphatic carbocycles. The Morgan fingerprint density at radius 2 is 2.04 bits per heavy atom. The highest BCUT2D eigenvalue weighted by Crippen LogP contribution is 2.35. The number of ether oxygens (including phenoxy) is 1. The second-order valence-electron chi connectivity index (χ2n) is 6.50. The van der Waals surface area contributed by atoms with Crippen LogP contribution in [0.2, 0.25) is 5.02 Å². The van der Waals surface area contributed by atoms with Gasteiger partial charge in [0.1, 0.15) is 0 Å². The standard InChI is InChI=1S/C17H21ClN2O4/c18-13-7-8-16(15(10-13)20(22)23)24-11-17(21)19-9-3-5-12-4-1-2-6-14(12)19/h7-8,10,12,14H,1-6,9,11H2/t12-,14-/m0/s1. The first kappa shape index (κ1) is 17.0. The average Bonchev–Trinajstić information content (AvgIpc) is 2.59. The second kappa shape index (κ2) is 7.38. The summed E-state index contributed by atoms with van der Waals surface area (Å²) in [6.45, 7) is 0.581. The minimum absolute atomic E-state index is 0.0787. The first-order chi connectivity index (χ1) is 11.6. The normalized spacial score (nSPS) is 23.5. The van der Waals surface area contributed by atoms with E-state index in [0.29, 0.717) is 12.0 Å². The minimum atomic E-state index is -0.552. The van der Waals surface area contributed by atoms with E-state index < -0.39 is 4.92 Å². The van der Waals surface area contributed by atoms with Crippen molar-refractivity contribution in [2.45, 2.75) is 44.6 Å². The van der Waals surface area contributed by atoms with Crippen molar-refractivity contribution in [3.8, 4) is 5.75 Å². The molecular formula is C17H21ClN2O4. The zero-order valence-electron chi connectivity index (χ0n) is 13.4. The first-order valence-electron chi connectivity index (χ1n) is 8.42. The zero-order valence-corrected chi connectivity index (χ0v) is 14.2. The third-order valence-corrected chi connectivity index (χ3v) is 5.27. The molecule has 1 aromatic carbocycles. The van der Waals surface area contributed by atoms with E-state index in [4.69, 9.17) is 16.3 Å². The molecule has 24 heavy (non-hydrogen) atoms. The Hall–Kier alpha value is -1.82. The Bertz CT molecular complexity index is 635. The number of hydrogen-bond donors (Lipinski definition) is 0. The van der Waals surface area contributed by atoms with Crippen molar-refractivity contribution in [2.24, 2.45) is 5.92 Å². The zero-order chi connectivity index (χ0) is 17.1. The maximum absolute atomic E-state index is 12.6. The molecule has 1 saturated carbocycles. The second-order valence-corrected chi connectivity index (χ2v) is 6.94. The number of likely N-dealkylation sites (tertiary alicyclic amines) is 1. The fraction of sp³-hybridized carbons (Fsp3) is 0.588. The van der Waals surface area contributed by atoms with Gasteiger partial charge in [-0.05, 0) is 43.7 Å². The Kier molecular flexibility index (Phi) is 5.23. The van der Waals surface area contributed by atoms with Gasteiger partial charge < -0.3 is 9.64 Å². The Morgan fingerprint density at radius 1 is 1.29 bits per heavy atom. The summed E-state index contributed by atoms with van der Waals surface area (Å²) < 4.78 is 5.46. The minimum Gasteiger partial charge on any atom is -0.477 e. The summed E-state index contributed by atoms with van der Waals surface area (Å²) >= 11 is 5.79. The molecule has 130 valence electrons. The Morgan fingerprint density at radius 3 is 2.83 bits per heavy atom. The van der Waals surface area contributed by atoms with Crippen LogP contribution in [0.25, 0.3) is 0 Å². The van der Waals surface area contributed by atoms with E-state index in [0.717, 1.165) is 25.8 Å². The molecule has 0 radical (unpaired) electrons. The van der Waals surface area contributed by atoms with Crippen LogP contribution < -0.4 is 4.74 Å². The molecule has 3 rings (SSSR count). The number of carbonyl (C=O) groups is 1. The van der Waals surface area contributed by atoms with Crippen LogP contribution in [-0.4, -0.2) is 34.9 Å². The molecular weight excluding hydrogens is 332 g/mol. The summed E-state index contributed by atoms with van der Waals surface area (Å²) in [6, 6.07) is 4.50. The van der Waals surface area contributed by atoms with Gasteiger partial charge >= 0.3 is 5.69 Å². The molecule has 2 aliphatic rings. The molecule has 1 aliphatic heterocycles. The Balaban J connectivity index is 1.66. The van der Waals surface area contributed by atoms with Gasteiger partial charge in [0.2, 0.25) is 0 Å². The summed E-state index contributed by atoms with van der Waals surface area (Å²) in [5, 5.41) is 11.3. The van der Waals surface area contributed by atoms with Gasteiger partial charge in [-0.2, -0.15) is 0 Å². The lowest BCUT2D eigenvalue weighted by atomic mass is 9.78. The lowest BCUT2D eigenvalue weighted by Crippen LogP contribution is -2.51. The molecule has 7 heteroatoms. The van der Waals surface area contributed by atoms with Crippen LogP contribution in [-0.2, 0) is 4.79 Å². The number of benzene rings is 1. The number of piperidine rings is 1. The molecule has 1 amide bonds. The van der Waals surface area contributed by atoms with E-state index in [1.165, 1.54) is 37.5 Å². The van der Waals surface area contributed by atoms with Crippen LogP contribution >= 0.6 is 11.6 Å². The van der Waals surface area contributed by atoms with Crippen molar-refractivity contribution in [3.63, 3.8) is 0 Å². The smallest absolute Gasteiger partial charge is 0.312 e. The van der Waals surface area contributed by atoms with Gasteiger partial charge in [0.15, 0.2) is 12.4 Å². The Labute approximate surface area is 145 Å². The van der Waals surface area contributed by atoms with Crippen molar-refractivity contribution in [1.29, 1.82) is 0 Å². The van der Waals surface area contributed by atoms with E-state index >= 15 is 0 Å². The van der Waals surface area contributed by atoms with Crippen LogP contribution in [0, 0.1) is 16.0 Å². The van der Waals surface area contributed by atoms with Gasteiger partial charge in [0.05, 0.1) is 4.92 Å². The molecule has 1 heterocycles. The van der Waals surface area contributed by atoms with Crippen LogP contribution in [0.15, 0.2) is 18.2 Å². The van der Waals surface area contributed by atoms with E-state index in [-0.39, 0.29) is 29.0 Å². The highest BCUT2D eigenvalue weighted by Gasteiger charge is 2.35. The predicted molar refractivity (Wildman–Crippen MR) is 90.3 cm³/mol. The highest BCUT2D eigenvalue weighted by molar-refractivity contribution is 6.30. The first-order valence-corrected chi connectivity index (χ1v) is 8.80. The van der Waals surface area contributed by atoms with E-state index in [1.54, 1.807) is 0 Å². The molecule has 0 unspecified atom stereocenters. The lowest BCUT2D eigenvalue weighted by molar-refractivity contribution is -0.385. The molecule has 1 aromatic rings. The number of halogens is 1. The van der Waals surface area contributed by atoms with E-state index in [1.807, 2.05) is 4.90 Å². The molecule has 0 bridgehead atoms. The van der Waals surface area contributed by atoms with Gasteiger partial charge in [0.25, 0.3) is 5.91 Å². The highest BCUT2D eigenvalue weighted by atomic mass is 35.5. The van der Waals surface area contributed by atoms with Gasteiger partial charge in [0, 0.05) is 23.7 Å². The average molecular weight is 353 g/mol. The van der Waals surface area contributed by atoms with Gasteiger partial charge in [-0.15, -0.1) is 0 Å². The molecule has 0 spiro atoms. The van der Waals surface area contributed by atoms with Gasteiger partial charge in [-0.3, -0.25) is 14.9 Å². The number of nitro groups is 1. The molecule has 2 atom stereocenters. The SMILES string of the molecule is O=C(COc1ccc(Cl)cc1[N+](=O)[O-])N1CCC[C@@H]2CCCC[C@@H]21. The number of fused-ring (bicyclic) bond motifs is 1. The quantitative estimate of drug-likeness (QED) is 0.610. The fourth-order valence-corrected chi connectivity index (χ4v) is 4.08. The van der Waals surface area contributed by atoms with Gasteiger partial charge in [-0.1, -0.05) is 24.4 Å². The number of rotatable bonds is 4. The van der Waals surface area contributed by atoms with Crippen LogP contribution in [0.3, 0.4) is 0 Å². The lowest BCUT2D eigenvalue weighted by Gasteiger charge is -2.44. The van der Waals surface area contributed by atoms with E-state index in [9.17, 15) is 14.9 Å². The molecule has 6 nitrogen and oxygen atoms in total. The maximum atomic E-state index is 12.6. The summed E-state index contributed by atoms with van der Waals surface area (Å²) in [7, 11) is 0. The summed E-state index contributed by atoms with van der Waals surface area (Å²) in [4.78, 5) is 25.0. The number of hydrogen-bond acceptors (Lipinski definition) is 4. The molecule has 0 aromatic heterocycles.